The molecule has 1 fully saturated rings. The molecule has 0 saturated heterocycles. The molecule has 4 nitrogen and oxygen atoms in total. The van der Waals surface area contributed by atoms with Crippen LogP contribution in [0.3, 0.4) is 0 Å². The third kappa shape index (κ3) is 5.29. The third-order valence-corrected chi connectivity index (χ3v) is 4.19. The predicted octanol–water partition coefficient (Wildman–Crippen LogP) is 4.94. The number of anilines is 1. The Bertz CT molecular complexity index is 608. The summed E-state index contributed by atoms with van der Waals surface area (Å²) in [6.45, 7) is 5.34. The van der Waals surface area contributed by atoms with E-state index in [0.717, 1.165) is 6.07 Å². The Morgan fingerprint density at radius 1 is 1.21 bits per heavy atom. The Morgan fingerprint density at radius 2 is 1.83 bits per heavy atom. The van der Waals surface area contributed by atoms with Gasteiger partial charge in [0.05, 0.1) is 5.56 Å². The monoisotopic (exact) mass is 408 g/mol. The van der Waals surface area contributed by atoms with Crippen molar-refractivity contribution in [2.24, 2.45) is 0 Å². The number of rotatable bonds is 3. The summed E-state index contributed by atoms with van der Waals surface area (Å²) in [4.78, 5) is 11.6. The summed E-state index contributed by atoms with van der Waals surface area (Å²) in [6.07, 6.45) is -3.61. The summed E-state index contributed by atoms with van der Waals surface area (Å²) < 4.78 is 43.8. The van der Waals surface area contributed by atoms with E-state index in [2.05, 4.69) is 26.6 Å². The van der Waals surface area contributed by atoms with Gasteiger partial charge in [-0.15, -0.1) is 0 Å². The molecule has 0 atom stereocenters. The molecule has 2 rings (SSSR count). The van der Waals surface area contributed by atoms with E-state index in [9.17, 15) is 18.0 Å². The van der Waals surface area contributed by atoms with Gasteiger partial charge in [0.2, 0.25) is 0 Å². The van der Waals surface area contributed by atoms with E-state index in [0.29, 0.717) is 18.5 Å². The number of halogens is 4. The number of nitrogens with one attached hydrogen (secondary N) is 2. The molecule has 1 aromatic rings. The molecular formula is C16H20BrF3N2O2. The first-order valence-electron chi connectivity index (χ1n) is 7.57. The SMILES string of the molecule is CC(C)(C)OC(=O)NC1CC(Nc2ccc(Br)c(C(F)(F)F)c2)C1. The van der Waals surface area contributed by atoms with Crippen molar-refractivity contribution < 1.29 is 22.7 Å². The molecule has 24 heavy (non-hydrogen) atoms. The van der Waals surface area contributed by atoms with E-state index >= 15 is 0 Å². The summed E-state index contributed by atoms with van der Waals surface area (Å²) >= 11 is 2.91. The van der Waals surface area contributed by atoms with Gasteiger partial charge in [0.1, 0.15) is 5.60 Å². The molecule has 0 unspecified atom stereocenters. The second-order valence-electron chi connectivity index (χ2n) is 6.85. The van der Waals surface area contributed by atoms with E-state index in [1.807, 2.05) is 0 Å². The first-order valence-corrected chi connectivity index (χ1v) is 8.36. The highest BCUT2D eigenvalue weighted by Gasteiger charge is 2.34. The largest absolute Gasteiger partial charge is 0.444 e. The number of benzene rings is 1. The average Bonchev–Trinajstić information content (AvgIpc) is 2.34. The van der Waals surface area contributed by atoms with Crippen molar-refractivity contribution in [3.8, 4) is 0 Å². The van der Waals surface area contributed by atoms with Gasteiger partial charge in [0.25, 0.3) is 0 Å². The number of alkyl carbamates (subject to hydrolysis) is 1. The Kier molecular flexibility index (Phi) is 5.37. The molecule has 1 saturated carbocycles. The van der Waals surface area contributed by atoms with Gasteiger partial charge in [-0.05, 0) is 51.8 Å². The zero-order valence-electron chi connectivity index (χ0n) is 13.6. The minimum Gasteiger partial charge on any atom is -0.444 e. The van der Waals surface area contributed by atoms with Crippen molar-refractivity contribution in [3.05, 3.63) is 28.2 Å². The zero-order chi connectivity index (χ0) is 18.1. The molecule has 0 aromatic heterocycles. The van der Waals surface area contributed by atoms with Crippen LogP contribution in [0.5, 0.6) is 0 Å². The number of ether oxygens (including phenoxy) is 1. The quantitative estimate of drug-likeness (QED) is 0.744. The van der Waals surface area contributed by atoms with E-state index in [1.165, 1.54) is 6.07 Å². The summed E-state index contributed by atoms with van der Waals surface area (Å²) in [5.74, 6) is 0. The maximum Gasteiger partial charge on any atom is 0.417 e. The van der Waals surface area contributed by atoms with Crippen molar-refractivity contribution in [2.45, 2.75) is 57.5 Å². The minimum absolute atomic E-state index is 0.0126. The maximum absolute atomic E-state index is 12.9. The molecular weight excluding hydrogens is 389 g/mol. The topological polar surface area (TPSA) is 50.4 Å². The molecule has 0 bridgehead atoms. The molecule has 134 valence electrons. The molecule has 0 heterocycles. The van der Waals surface area contributed by atoms with Crippen LogP contribution in [0, 0.1) is 0 Å². The number of alkyl halides is 3. The van der Waals surface area contributed by atoms with Crippen molar-refractivity contribution in [1.82, 2.24) is 5.32 Å². The molecule has 8 heteroatoms. The summed E-state index contributed by atoms with van der Waals surface area (Å²) in [5, 5.41) is 5.80. The van der Waals surface area contributed by atoms with Gasteiger partial charge >= 0.3 is 12.3 Å². The third-order valence-electron chi connectivity index (χ3n) is 3.50. The summed E-state index contributed by atoms with van der Waals surface area (Å²) in [7, 11) is 0. The maximum atomic E-state index is 12.9. The first kappa shape index (κ1) is 18.9. The molecule has 0 aliphatic heterocycles. The molecule has 2 N–H and O–H groups in total. The van der Waals surface area contributed by atoms with Crippen LogP contribution >= 0.6 is 15.9 Å². The van der Waals surface area contributed by atoms with E-state index in [4.69, 9.17) is 4.74 Å². The van der Waals surface area contributed by atoms with Crippen molar-refractivity contribution >= 4 is 27.7 Å². The van der Waals surface area contributed by atoms with Crippen molar-refractivity contribution in [1.29, 1.82) is 0 Å². The molecule has 0 spiro atoms. The normalized spacial score (nSPS) is 21.0. The lowest BCUT2D eigenvalue weighted by Gasteiger charge is -2.37. The molecule has 0 radical (unpaired) electrons. The molecule has 1 aliphatic rings. The zero-order valence-corrected chi connectivity index (χ0v) is 15.2. The Hall–Kier alpha value is -1.44. The molecule has 1 amide bonds. The lowest BCUT2D eigenvalue weighted by Crippen LogP contribution is -2.50. The summed E-state index contributed by atoms with van der Waals surface area (Å²) in [5.41, 5.74) is -0.863. The van der Waals surface area contributed by atoms with E-state index in [-0.39, 0.29) is 16.6 Å². The highest BCUT2D eigenvalue weighted by molar-refractivity contribution is 9.10. The lowest BCUT2D eigenvalue weighted by molar-refractivity contribution is -0.138. The van der Waals surface area contributed by atoms with Gasteiger partial charge in [-0.2, -0.15) is 13.2 Å². The predicted molar refractivity (Wildman–Crippen MR) is 88.9 cm³/mol. The van der Waals surface area contributed by atoms with Crippen molar-refractivity contribution in [2.75, 3.05) is 5.32 Å². The number of hydrogen-bond acceptors (Lipinski definition) is 3. The van der Waals surface area contributed by atoms with Crippen LogP contribution in [-0.4, -0.2) is 23.8 Å². The number of hydrogen-bond donors (Lipinski definition) is 2. The molecule has 1 aliphatic carbocycles. The first-order chi connectivity index (χ1) is 10.9. The number of carbonyl (C=O) groups excluding carboxylic acids is 1. The van der Waals surface area contributed by atoms with Gasteiger partial charge in [-0.3, -0.25) is 0 Å². The van der Waals surface area contributed by atoms with Crippen LogP contribution in [0.25, 0.3) is 0 Å². The second-order valence-corrected chi connectivity index (χ2v) is 7.70. The van der Waals surface area contributed by atoms with Gasteiger partial charge in [-0.25, -0.2) is 4.79 Å². The van der Waals surface area contributed by atoms with Crippen LogP contribution in [0.15, 0.2) is 22.7 Å². The van der Waals surface area contributed by atoms with Crippen LogP contribution in [0.4, 0.5) is 23.7 Å². The van der Waals surface area contributed by atoms with Crippen LogP contribution < -0.4 is 10.6 Å². The Balaban J connectivity index is 1.85. The van der Waals surface area contributed by atoms with E-state index in [1.54, 1.807) is 26.8 Å². The highest BCUT2D eigenvalue weighted by atomic mass is 79.9. The minimum atomic E-state index is -4.41. The fourth-order valence-electron chi connectivity index (χ4n) is 2.40. The van der Waals surface area contributed by atoms with E-state index < -0.39 is 23.4 Å². The van der Waals surface area contributed by atoms with Gasteiger partial charge in [0, 0.05) is 22.2 Å². The second kappa shape index (κ2) is 6.82. The summed E-state index contributed by atoms with van der Waals surface area (Å²) in [6, 6.07) is 4.04. The lowest BCUT2D eigenvalue weighted by atomic mass is 9.86. The molecule has 1 aromatic carbocycles. The Morgan fingerprint density at radius 3 is 2.38 bits per heavy atom. The fraction of sp³-hybridized carbons (Fsp3) is 0.562. The fourth-order valence-corrected chi connectivity index (χ4v) is 2.87. The average molecular weight is 409 g/mol. The Labute approximate surface area is 147 Å². The van der Waals surface area contributed by atoms with Gasteiger partial charge < -0.3 is 15.4 Å². The van der Waals surface area contributed by atoms with Crippen LogP contribution in [0.1, 0.15) is 39.2 Å². The smallest absolute Gasteiger partial charge is 0.417 e. The van der Waals surface area contributed by atoms with Gasteiger partial charge in [-0.1, -0.05) is 15.9 Å². The highest BCUT2D eigenvalue weighted by Crippen LogP contribution is 2.37. The van der Waals surface area contributed by atoms with Crippen LogP contribution in [0.2, 0.25) is 0 Å². The number of amides is 1. The van der Waals surface area contributed by atoms with Crippen molar-refractivity contribution in [3.63, 3.8) is 0 Å². The standard InChI is InChI=1S/C16H20BrF3N2O2/c1-15(2,3)24-14(23)22-11-6-10(7-11)21-9-4-5-13(17)12(8-9)16(18,19)20/h4-5,8,10-11,21H,6-7H2,1-3H3,(H,22,23). The van der Waals surface area contributed by atoms with Crippen LogP contribution in [-0.2, 0) is 10.9 Å². The number of carbonyl (C=O) groups is 1. The van der Waals surface area contributed by atoms with Gasteiger partial charge in [0.15, 0.2) is 0 Å².